The predicted molar refractivity (Wildman–Crippen MR) is 402 cm³/mol. The maximum absolute atomic E-state index is 12.6. The van der Waals surface area contributed by atoms with E-state index < -0.39 is 12.1 Å². The summed E-state index contributed by atoms with van der Waals surface area (Å²) in [5.41, 5.74) is 0. The van der Waals surface area contributed by atoms with E-state index >= 15 is 0 Å². The van der Waals surface area contributed by atoms with Crippen LogP contribution in [-0.4, -0.2) is 47.4 Å². The van der Waals surface area contributed by atoms with Gasteiger partial charge in [0, 0.05) is 12.8 Å². The number of esters is 1. The van der Waals surface area contributed by atoms with Crippen molar-refractivity contribution in [3.8, 4) is 0 Å². The van der Waals surface area contributed by atoms with Gasteiger partial charge in [-0.05, 0) is 89.9 Å². The summed E-state index contributed by atoms with van der Waals surface area (Å²) in [6.07, 6.45) is 107. The predicted octanol–water partition coefficient (Wildman–Crippen LogP) is 27.5. The highest BCUT2D eigenvalue weighted by molar-refractivity contribution is 5.76. The lowest BCUT2D eigenvalue weighted by Crippen LogP contribution is -2.45. The molecule has 2 unspecified atom stereocenters. The molecule has 536 valence electrons. The summed E-state index contributed by atoms with van der Waals surface area (Å²) in [7, 11) is 0. The van der Waals surface area contributed by atoms with Crippen LogP contribution < -0.4 is 5.32 Å². The maximum atomic E-state index is 12.6. The molecule has 0 bridgehead atoms. The molecule has 0 heterocycles. The Kier molecular flexibility index (Phi) is 78.3. The molecule has 0 saturated heterocycles. The van der Waals surface area contributed by atoms with Crippen LogP contribution >= 0.6 is 0 Å². The van der Waals surface area contributed by atoms with Gasteiger partial charge in [-0.25, -0.2) is 0 Å². The SMILES string of the molecule is CCCCCCCCC/C=C\CCCCCCCCCC(=O)OCCCCCCCCCCC/C=C\C/C=C\CCCCCCCCCCCCCCCCCCCC(=O)NC(CO)C(O)/C=C/CCCCCCCCCCCCCCCCCCCCCCC. The van der Waals surface area contributed by atoms with Crippen LogP contribution in [0.4, 0.5) is 0 Å². The first kappa shape index (κ1) is 88.8. The van der Waals surface area contributed by atoms with E-state index in [2.05, 4.69) is 55.6 Å². The summed E-state index contributed by atoms with van der Waals surface area (Å²) in [5, 5.41) is 23.3. The monoisotopic (exact) mass is 1280 g/mol. The molecule has 3 N–H and O–H groups in total. The second kappa shape index (κ2) is 80.3. The van der Waals surface area contributed by atoms with E-state index in [4.69, 9.17) is 4.74 Å². The van der Waals surface area contributed by atoms with Crippen molar-refractivity contribution in [2.45, 2.75) is 469 Å². The van der Waals surface area contributed by atoms with Crippen LogP contribution in [0.25, 0.3) is 0 Å². The zero-order valence-corrected chi connectivity index (χ0v) is 61.6. The molecule has 0 saturated carbocycles. The molecule has 0 fully saturated rings. The smallest absolute Gasteiger partial charge is 0.305 e. The van der Waals surface area contributed by atoms with Crippen molar-refractivity contribution >= 4 is 11.9 Å². The lowest BCUT2D eigenvalue weighted by atomic mass is 10.0. The van der Waals surface area contributed by atoms with Crippen molar-refractivity contribution in [2.75, 3.05) is 13.2 Å². The Morgan fingerprint density at radius 2 is 0.549 bits per heavy atom. The lowest BCUT2D eigenvalue weighted by molar-refractivity contribution is -0.143. The molecule has 0 aliphatic carbocycles. The zero-order valence-electron chi connectivity index (χ0n) is 61.6. The topological polar surface area (TPSA) is 95.9 Å². The van der Waals surface area contributed by atoms with E-state index in [1.807, 2.05) is 6.08 Å². The summed E-state index contributed by atoms with van der Waals surface area (Å²) in [4.78, 5) is 24.7. The highest BCUT2D eigenvalue weighted by atomic mass is 16.5. The Labute approximate surface area is 569 Å². The molecule has 0 aromatic carbocycles. The van der Waals surface area contributed by atoms with Gasteiger partial charge in [0.05, 0.1) is 25.4 Å². The minimum absolute atomic E-state index is 0.0117. The van der Waals surface area contributed by atoms with Gasteiger partial charge in [0.1, 0.15) is 0 Å². The molecule has 6 heteroatoms. The van der Waals surface area contributed by atoms with Crippen LogP contribution in [0.2, 0.25) is 0 Å². The van der Waals surface area contributed by atoms with Gasteiger partial charge >= 0.3 is 5.97 Å². The van der Waals surface area contributed by atoms with Gasteiger partial charge in [-0.15, -0.1) is 0 Å². The number of ether oxygens (including phenoxy) is 1. The van der Waals surface area contributed by atoms with Gasteiger partial charge in [0.2, 0.25) is 5.91 Å². The average molecular weight is 1280 g/mol. The van der Waals surface area contributed by atoms with E-state index in [1.54, 1.807) is 6.08 Å². The van der Waals surface area contributed by atoms with E-state index in [-0.39, 0.29) is 18.5 Å². The van der Waals surface area contributed by atoms with Crippen molar-refractivity contribution in [3.63, 3.8) is 0 Å². The first-order chi connectivity index (χ1) is 45.0. The quantitative estimate of drug-likeness (QED) is 0.0320. The molecule has 0 aromatic heterocycles. The van der Waals surface area contributed by atoms with Crippen molar-refractivity contribution < 1.29 is 24.5 Å². The third-order valence-corrected chi connectivity index (χ3v) is 19.3. The lowest BCUT2D eigenvalue weighted by Gasteiger charge is -2.20. The molecule has 0 rings (SSSR count). The molecule has 0 aromatic rings. The van der Waals surface area contributed by atoms with Crippen LogP contribution in [0, 0.1) is 0 Å². The van der Waals surface area contributed by atoms with Gasteiger partial charge in [-0.3, -0.25) is 9.59 Å². The van der Waals surface area contributed by atoms with Crippen molar-refractivity contribution in [1.29, 1.82) is 0 Å². The molecule has 0 aliphatic rings. The molecule has 1 amide bonds. The highest BCUT2D eigenvalue weighted by Crippen LogP contribution is 2.20. The van der Waals surface area contributed by atoms with Gasteiger partial charge in [-0.2, -0.15) is 0 Å². The van der Waals surface area contributed by atoms with Crippen molar-refractivity contribution in [3.05, 3.63) is 48.6 Å². The molecule has 0 radical (unpaired) electrons. The number of aliphatic hydroxyl groups is 2. The molecule has 0 spiro atoms. The highest BCUT2D eigenvalue weighted by Gasteiger charge is 2.18. The van der Waals surface area contributed by atoms with Crippen LogP contribution in [0.15, 0.2) is 48.6 Å². The number of aliphatic hydroxyl groups excluding tert-OH is 2. The number of carbonyl (C=O) groups excluding carboxylic acids is 2. The van der Waals surface area contributed by atoms with Crippen molar-refractivity contribution in [1.82, 2.24) is 5.32 Å². The Morgan fingerprint density at radius 3 is 0.846 bits per heavy atom. The Hall–Kier alpha value is -2.18. The first-order valence-corrected chi connectivity index (χ1v) is 41.4. The summed E-state index contributed by atoms with van der Waals surface area (Å²) in [5.74, 6) is -0.0498. The van der Waals surface area contributed by atoms with Gasteiger partial charge in [-0.1, -0.05) is 403 Å². The minimum Gasteiger partial charge on any atom is -0.466 e. The zero-order chi connectivity index (χ0) is 65.6. The maximum Gasteiger partial charge on any atom is 0.305 e. The van der Waals surface area contributed by atoms with E-state index in [9.17, 15) is 19.8 Å². The van der Waals surface area contributed by atoms with Crippen molar-refractivity contribution in [2.24, 2.45) is 0 Å². The van der Waals surface area contributed by atoms with Crippen LogP contribution in [-0.2, 0) is 14.3 Å². The first-order valence-electron chi connectivity index (χ1n) is 41.4. The fourth-order valence-corrected chi connectivity index (χ4v) is 13.0. The van der Waals surface area contributed by atoms with Gasteiger partial charge < -0.3 is 20.3 Å². The summed E-state index contributed by atoms with van der Waals surface area (Å²) in [6, 6.07) is -0.629. The summed E-state index contributed by atoms with van der Waals surface area (Å²) >= 11 is 0. The normalized spacial score (nSPS) is 12.7. The van der Waals surface area contributed by atoms with Gasteiger partial charge in [0.15, 0.2) is 0 Å². The van der Waals surface area contributed by atoms with E-state index in [0.717, 1.165) is 51.4 Å². The standard InChI is InChI=1S/C85H161NO5/c1-3-5-7-9-11-13-15-17-19-21-23-24-36-39-42-45-49-53-57-61-65-69-73-77-83(88)82(81-87)86-84(89)78-74-70-66-62-58-54-50-46-43-40-37-34-32-30-28-26-25-27-29-31-33-35-38-41-44-48-52-56-60-64-68-72-76-80-91-85(90)79-75-71-67-63-59-55-51-47-22-20-18-16-14-12-10-8-6-4-2/h20,22,29,31,35,38,73,77,82-83,87-88H,3-19,21,23-28,30,32-34,36-37,39-72,74-76,78-81H2,1-2H3,(H,86,89)/b22-20-,31-29-,38-35-,77-73+. The number of rotatable bonds is 78. The third kappa shape index (κ3) is 76.7. The molecule has 91 heavy (non-hydrogen) atoms. The molecular formula is C85H161NO5. The second-order valence-electron chi connectivity index (χ2n) is 28.4. The number of amides is 1. The fraction of sp³-hybridized carbons (Fsp3) is 0.882. The fourth-order valence-electron chi connectivity index (χ4n) is 13.0. The van der Waals surface area contributed by atoms with E-state index in [0.29, 0.717) is 19.4 Å². The Morgan fingerprint density at radius 1 is 0.308 bits per heavy atom. The average Bonchev–Trinajstić information content (AvgIpc) is 3.64. The Bertz CT molecular complexity index is 1520. The van der Waals surface area contributed by atoms with E-state index in [1.165, 1.54) is 379 Å². The minimum atomic E-state index is -0.845. The summed E-state index contributed by atoms with van der Waals surface area (Å²) in [6.45, 7) is 4.95. The van der Waals surface area contributed by atoms with Crippen LogP contribution in [0.1, 0.15) is 457 Å². The molecule has 2 atom stereocenters. The number of hydrogen-bond acceptors (Lipinski definition) is 5. The van der Waals surface area contributed by atoms with Crippen LogP contribution in [0.3, 0.4) is 0 Å². The number of hydrogen-bond donors (Lipinski definition) is 3. The second-order valence-corrected chi connectivity index (χ2v) is 28.4. The van der Waals surface area contributed by atoms with Gasteiger partial charge in [0.25, 0.3) is 0 Å². The largest absolute Gasteiger partial charge is 0.466 e. The number of nitrogens with one attached hydrogen (secondary N) is 1. The number of carbonyl (C=O) groups is 2. The molecular weight excluding hydrogens is 1110 g/mol. The molecule has 0 aliphatic heterocycles. The number of allylic oxidation sites excluding steroid dienone is 7. The molecule has 6 nitrogen and oxygen atoms in total. The number of unbranched alkanes of at least 4 members (excludes halogenated alkanes) is 61. The Balaban J connectivity index is 3.40. The summed E-state index contributed by atoms with van der Waals surface area (Å²) < 4.78 is 5.51. The van der Waals surface area contributed by atoms with Crippen LogP contribution in [0.5, 0.6) is 0 Å². The third-order valence-electron chi connectivity index (χ3n) is 19.3.